The molecule has 2 atom stereocenters. The zero-order valence-corrected chi connectivity index (χ0v) is 13.2. The largest absolute Gasteiger partial charge is 0.458 e. The maximum absolute atomic E-state index is 12.5. The van der Waals surface area contributed by atoms with Crippen LogP contribution in [0.15, 0.2) is 43.0 Å². The third kappa shape index (κ3) is 2.94. The highest BCUT2D eigenvalue weighted by Gasteiger charge is 2.47. The van der Waals surface area contributed by atoms with Crippen molar-refractivity contribution in [1.29, 1.82) is 0 Å². The van der Waals surface area contributed by atoms with Crippen LogP contribution in [0.5, 0.6) is 6.01 Å². The molecule has 2 aliphatic heterocycles. The lowest BCUT2D eigenvalue weighted by atomic mass is 9.98. The highest BCUT2D eigenvalue weighted by molar-refractivity contribution is 5.94. The summed E-state index contributed by atoms with van der Waals surface area (Å²) in [5.41, 5.74) is 0.287. The molecular formula is C17H18N4O3. The van der Waals surface area contributed by atoms with Crippen LogP contribution in [-0.4, -0.2) is 57.2 Å². The van der Waals surface area contributed by atoms with Gasteiger partial charge in [-0.3, -0.25) is 9.78 Å². The van der Waals surface area contributed by atoms with Gasteiger partial charge in [0.05, 0.1) is 24.3 Å². The van der Waals surface area contributed by atoms with E-state index in [0.717, 1.165) is 12.8 Å². The molecule has 24 heavy (non-hydrogen) atoms. The summed E-state index contributed by atoms with van der Waals surface area (Å²) in [6.45, 7) is 1.76. The first-order valence-corrected chi connectivity index (χ1v) is 8.01. The molecular weight excluding hydrogens is 308 g/mol. The van der Waals surface area contributed by atoms with Gasteiger partial charge in [-0.15, -0.1) is 0 Å². The fourth-order valence-electron chi connectivity index (χ4n) is 3.35. The fraction of sp³-hybridized carbons (Fsp3) is 0.412. The number of carbonyl (C=O) groups excluding carboxylic acids is 1. The molecule has 0 unspecified atom stereocenters. The summed E-state index contributed by atoms with van der Waals surface area (Å²) in [4.78, 5) is 26.5. The smallest absolute Gasteiger partial charge is 0.316 e. The predicted molar refractivity (Wildman–Crippen MR) is 84.5 cm³/mol. The summed E-state index contributed by atoms with van der Waals surface area (Å²) in [7, 11) is 0. The number of carbonyl (C=O) groups is 1. The van der Waals surface area contributed by atoms with Gasteiger partial charge in [0, 0.05) is 37.8 Å². The van der Waals surface area contributed by atoms with Crippen molar-refractivity contribution >= 4 is 5.91 Å². The van der Waals surface area contributed by atoms with Gasteiger partial charge in [0.1, 0.15) is 6.10 Å². The number of pyridine rings is 1. The molecule has 2 aliphatic rings. The third-order valence-electron chi connectivity index (χ3n) is 4.50. The van der Waals surface area contributed by atoms with Gasteiger partial charge in [-0.05, 0) is 24.6 Å². The van der Waals surface area contributed by atoms with E-state index in [4.69, 9.17) is 9.47 Å². The van der Waals surface area contributed by atoms with Crippen LogP contribution in [-0.2, 0) is 4.74 Å². The normalized spacial score (nSPS) is 26.0. The van der Waals surface area contributed by atoms with Crippen molar-refractivity contribution in [3.8, 4) is 6.01 Å². The van der Waals surface area contributed by atoms with Crippen LogP contribution in [0.25, 0.3) is 0 Å². The van der Waals surface area contributed by atoms with E-state index < -0.39 is 0 Å². The van der Waals surface area contributed by atoms with E-state index in [1.165, 1.54) is 0 Å². The van der Waals surface area contributed by atoms with E-state index in [0.29, 0.717) is 31.3 Å². The Labute approximate surface area is 139 Å². The van der Waals surface area contributed by atoms with Crippen molar-refractivity contribution in [2.75, 3.05) is 19.7 Å². The van der Waals surface area contributed by atoms with Gasteiger partial charge in [-0.1, -0.05) is 0 Å². The minimum absolute atomic E-state index is 0.000615. The minimum atomic E-state index is -0.322. The lowest BCUT2D eigenvalue weighted by Gasteiger charge is -2.23. The first kappa shape index (κ1) is 15.0. The highest BCUT2D eigenvalue weighted by atomic mass is 16.6. The van der Waals surface area contributed by atoms with Crippen molar-refractivity contribution in [1.82, 2.24) is 19.9 Å². The second-order valence-electron chi connectivity index (χ2n) is 6.19. The molecule has 0 aromatic carbocycles. The molecule has 2 aromatic heterocycles. The first-order valence-electron chi connectivity index (χ1n) is 8.01. The Morgan fingerprint density at radius 1 is 1.29 bits per heavy atom. The molecule has 2 fully saturated rings. The van der Waals surface area contributed by atoms with Gasteiger partial charge in [0.2, 0.25) is 0 Å². The van der Waals surface area contributed by atoms with E-state index in [1.54, 1.807) is 43.0 Å². The molecule has 4 rings (SSSR count). The van der Waals surface area contributed by atoms with Gasteiger partial charge < -0.3 is 14.4 Å². The molecule has 2 saturated heterocycles. The Bertz CT molecular complexity index is 712. The van der Waals surface area contributed by atoms with Crippen molar-refractivity contribution in [2.45, 2.75) is 24.5 Å². The first-order chi connectivity index (χ1) is 11.7. The summed E-state index contributed by atoms with van der Waals surface area (Å²) in [6.07, 6.45) is 8.03. The average Bonchev–Trinajstić information content (AvgIpc) is 3.23. The number of amides is 1. The van der Waals surface area contributed by atoms with Gasteiger partial charge in [0.25, 0.3) is 5.91 Å². The molecule has 0 saturated carbocycles. The monoisotopic (exact) mass is 326 g/mol. The van der Waals surface area contributed by atoms with E-state index in [1.807, 2.05) is 4.90 Å². The Morgan fingerprint density at radius 2 is 2.17 bits per heavy atom. The van der Waals surface area contributed by atoms with Crippen molar-refractivity contribution in [3.63, 3.8) is 0 Å². The molecule has 0 radical (unpaired) electrons. The van der Waals surface area contributed by atoms with E-state index in [-0.39, 0.29) is 17.6 Å². The van der Waals surface area contributed by atoms with Crippen LogP contribution < -0.4 is 4.74 Å². The van der Waals surface area contributed by atoms with Gasteiger partial charge in [-0.2, -0.15) is 0 Å². The Kier molecular flexibility index (Phi) is 3.86. The minimum Gasteiger partial charge on any atom is -0.458 e. The molecule has 0 aliphatic carbocycles. The molecule has 1 spiro atoms. The summed E-state index contributed by atoms with van der Waals surface area (Å²) < 4.78 is 11.8. The lowest BCUT2D eigenvalue weighted by Crippen LogP contribution is -2.36. The number of aromatic nitrogens is 3. The predicted octanol–water partition coefficient (Wildman–Crippen LogP) is 1.32. The van der Waals surface area contributed by atoms with Crippen LogP contribution >= 0.6 is 0 Å². The number of nitrogens with zero attached hydrogens (tertiary/aromatic N) is 4. The summed E-state index contributed by atoms with van der Waals surface area (Å²) in [5, 5.41) is 0. The molecule has 7 heteroatoms. The van der Waals surface area contributed by atoms with Crippen LogP contribution in [0, 0.1) is 0 Å². The van der Waals surface area contributed by atoms with E-state index in [9.17, 15) is 4.79 Å². The van der Waals surface area contributed by atoms with Crippen LogP contribution in [0.2, 0.25) is 0 Å². The van der Waals surface area contributed by atoms with Gasteiger partial charge >= 0.3 is 6.01 Å². The Balaban J connectivity index is 1.39. The van der Waals surface area contributed by atoms with Crippen LogP contribution in [0.4, 0.5) is 0 Å². The van der Waals surface area contributed by atoms with E-state index >= 15 is 0 Å². The van der Waals surface area contributed by atoms with Gasteiger partial charge in [-0.25, -0.2) is 9.97 Å². The highest BCUT2D eigenvalue weighted by Crippen LogP contribution is 2.36. The van der Waals surface area contributed by atoms with Crippen LogP contribution in [0.3, 0.4) is 0 Å². The average molecular weight is 326 g/mol. The van der Waals surface area contributed by atoms with Gasteiger partial charge in [0.15, 0.2) is 0 Å². The molecule has 2 aromatic rings. The zero-order valence-electron chi connectivity index (χ0n) is 13.2. The number of likely N-dealkylation sites (tertiary alicyclic amines) is 1. The summed E-state index contributed by atoms with van der Waals surface area (Å²) in [5.74, 6) is -0.000615. The Hall–Kier alpha value is -2.54. The fourth-order valence-corrected chi connectivity index (χ4v) is 3.35. The molecule has 1 amide bonds. The Morgan fingerprint density at radius 3 is 2.96 bits per heavy atom. The summed E-state index contributed by atoms with van der Waals surface area (Å²) in [6, 6.07) is 5.67. The quantitative estimate of drug-likeness (QED) is 0.847. The van der Waals surface area contributed by atoms with E-state index in [2.05, 4.69) is 15.0 Å². The molecule has 0 N–H and O–H groups in total. The van der Waals surface area contributed by atoms with Crippen molar-refractivity contribution in [2.24, 2.45) is 0 Å². The number of ether oxygens (including phenoxy) is 2. The third-order valence-corrected chi connectivity index (χ3v) is 4.50. The second kappa shape index (κ2) is 6.16. The molecule has 7 nitrogen and oxygen atoms in total. The maximum Gasteiger partial charge on any atom is 0.316 e. The van der Waals surface area contributed by atoms with Crippen molar-refractivity contribution in [3.05, 3.63) is 48.5 Å². The molecule has 0 bridgehead atoms. The number of rotatable bonds is 3. The SMILES string of the molecule is O=C(c1cccnc1)N1CC[C@@]2(C[C@H](Oc3ncccn3)CO2)C1. The second-order valence-corrected chi connectivity index (χ2v) is 6.19. The molecule has 124 valence electrons. The topological polar surface area (TPSA) is 77.4 Å². The van der Waals surface area contributed by atoms with Crippen LogP contribution in [0.1, 0.15) is 23.2 Å². The maximum atomic E-state index is 12.5. The molecule has 4 heterocycles. The zero-order chi connectivity index (χ0) is 16.4. The number of hydrogen-bond acceptors (Lipinski definition) is 6. The standard InChI is InChI=1S/C17H18N4O3/c22-15(13-3-1-5-18-10-13)21-8-4-17(12-21)9-14(11-23-17)24-16-19-6-2-7-20-16/h1-3,5-7,10,14H,4,8-9,11-12H2/t14-,17+/m0/s1. The number of hydrogen-bond donors (Lipinski definition) is 0. The van der Waals surface area contributed by atoms with Crippen molar-refractivity contribution < 1.29 is 14.3 Å². The summed E-state index contributed by atoms with van der Waals surface area (Å²) >= 11 is 0. The lowest BCUT2D eigenvalue weighted by molar-refractivity contribution is 0.00973.